The number of phenols is 1. The van der Waals surface area contributed by atoms with Gasteiger partial charge in [-0.2, -0.15) is 0 Å². The molecule has 0 radical (unpaired) electrons. The number of ether oxygens (including phenoxy) is 1. The van der Waals surface area contributed by atoms with Crippen LogP contribution in [0, 0.1) is 0 Å². The van der Waals surface area contributed by atoms with Crippen molar-refractivity contribution < 1.29 is 19.4 Å². The number of carbonyl (C=O) groups is 2. The molecule has 17 heavy (non-hydrogen) atoms. The summed E-state index contributed by atoms with van der Waals surface area (Å²) in [6.45, 7) is 0.342. The monoisotopic (exact) mass is 238 g/mol. The summed E-state index contributed by atoms with van der Waals surface area (Å²) in [5.41, 5.74) is 5.31. The molecule has 0 atom stereocenters. The van der Waals surface area contributed by atoms with E-state index in [1.54, 1.807) is 0 Å². The summed E-state index contributed by atoms with van der Waals surface area (Å²) in [7, 11) is 0. The number of benzene rings is 1. The van der Waals surface area contributed by atoms with E-state index in [-0.39, 0.29) is 31.4 Å². The average Bonchev–Trinajstić information content (AvgIpc) is 2.29. The summed E-state index contributed by atoms with van der Waals surface area (Å²) in [6.07, 6.45) is 0. The molecule has 1 aromatic carbocycles. The van der Waals surface area contributed by atoms with E-state index in [2.05, 4.69) is 5.32 Å². The van der Waals surface area contributed by atoms with Gasteiger partial charge < -0.3 is 20.9 Å². The zero-order valence-corrected chi connectivity index (χ0v) is 9.18. The highest BCUT2D eigenvalue weighted by Crippen LogP contribution is 2.09. The third kappa shape index (κ3) is 4.98. The molecule has 0 aliphatic carbocycles. The number of phenolic OH excluding ortho intramolecular Hbond substituents is 1. The number of primary amides is 1. The van der Waals surface area contributed by atoms with Crippen LogP contribution in [0.4, 0.5) is 0 Å². The van der Waals surface area contributed by atoms with E-state index in [4.69, 9.17) is 15.6 Å². The lowest BCUT2D eigenvalue weighted by molar-refractivity contribution is -0.122. The number of amides is 2. The van der Waals surface area contributed by atoms with Crippen LogP contribution in [-0.2, 0) is 9.53 Å². The first-order chi connectivity index (χ1) is 8.09. The first-order valence-corrected chi connectivity index (χ1v) is 5.03. The summed E-state index contributed by atoms with van der Waals surface area (Å²) in [5, 5.41) is 11.6. The SMILES string of the molecule is NC(=O)COCCNC(=O)c1ccc(O)cc1. The first kappa shape index (κ1) is 13.0. The predicted molar refractivity (Wildman–Crippen MR) is 60.5 cm³/mol. The lowest BCUT2D eigenvalue weighted by atomic mass is 10.2. The van der Waals surface area contributed by atoms with E-state index in [1.165, 1.54) is 24.3 Å². The molecule has 4 N–H and O–H groups in total. The molecule has 6 nitrogen and oxygen atoms in total. The molecule has 0 aliphatic heterocycles. The van der Waals surface area contributed by atoms with Crippen LogP contribution in [0.3, 0.4) is 0 Å². The van der Waals surface area contributed by atoms with Gasteiger partial charge in [0.1, 0.15) is 12.4 Å². The van der Waals surface area contributed by atoms with Crippen molar-refractivity contribution in [2.45, 2.75) is 0 Å². The Kier molecular flexibility index (Phi) is 4.96. The van der Waals surface area contributed by atoms with Gasteiger partial charge in [-0.15, -0.1) is 0 Å². The predicted octanol–water partition coefficient (Wildman–Crippen LogP) is -0.376. The van der Waals surface area contributed by atoms with Crippen molar-refractivity contribution in [1.29, 1.82) is 0 Å². The highest BCUT2D eigenvalue weighted by molar-refractivity contribution is 5.94. The van der Waals surface area contributed by atoms with Gasteiger partial charge in [0.05, 0.1) is 6.61 Å². The Balaban J connectivity index is 2.25. The third-order valence-corrected chi connectivity index (χ3v) is 1.91. The molecule has 0 heterocycles. The number of hydrogen-bond donors (Lipinski definition) is 3. The van der Waals surface area contributed by atoms with Crippen molar-refractivity contribution in [2.24, 2.45) is 5.73 Å². The van der Waals surface area contributed by atoms with Crippen LogP contribution < -0.4 is 11.1 Å². The van der Waals surface area contributed by atoms with Gasteiger partial charge >= 0.3 is 0 Å². The minimum Gasteiger partial charge on any atom is -0.508 e. The number of nitrogens with one attached hydrogen (secondary N) is 1. The van der Waals surface area contributed by atoms with Gasteiger partial charge in [-0.1, -0.05) is 0 Å². The maximum atomic E-state index is 11.5. The molecule has 92 valence electrons. The van der Waals surface area contributed by atoms with Crippen LogP contribution in [-0.4, -0.2) is 36.7 Å². The van der Waals surface area contributed by atoms with Gasteiger partial charge in [-0.05, 0) is 24.3 Å². The smallest absolute Gasteiger partial charge is 0.251 e. The molecule has 0 aliphatic rings. The Morgan fingerprint density at radius 2 is 1.94 bits per heavy atom. The summed E-state index contributed by atoms with van der Waals surface area (Å²) in [5.74, 6) is -0.714. The van der Waals surface area contributed by atoms with Crippen LogP contribution in [0.25, 0.3) is 0 Å². The van der Waals surface area contributed by atoms with Gasteiger partial charge in [-0.25, -0.2) is 0 Å². The second-order valence-electron chi connectivity index (χ2n) is 3.32. The summed E-state index contributed by atoms with van der Waals surface area (Å²) in [4.78, 5) is 21.8. The third-order valence-electron chi connectivity index (χ3n) is 1.91. The van der Waals surface area contributed by atoms with Crippen molar-refractivity contribution in [3.8, 4) is 5.75 Å². The van der Waals surface area contributed by atoms with Crippen molar-refractivity contribution in [1.82, 2.24) is 5.32 Å². The fourth-order valence-corrected chi connectivity index (χ4v) is 1.12. The quantitative estimate of drug-likeness (QED) is 0.588. The topological polar surface area (TPSA) is 102 Å². The zero-order valence-electron chi connectivity index (χ0n) is 9.18. The van der Waals surface area contributed by atoms with Crippen LogP contribution in [0.15, 0.2) is 24.3 Å². The molecule has 0 aromatic heterocycles. The molecule has 1 aromatic rings. The molecule has 0 fully saturated rings. The zero-order chi connectivity index (χ0) is 12.7. The number of rotatable bonds is 6. The molecule has 1 rings (SSSR count). The molecule has 6 heteroatoms. The second kappa shape index (κ2) is 6.49. The van der Waals surface area contributed by atoms with Gasteiger partial charge in [-0.3, -0.25) is 9.59 Å². The minimum absolute atomic E-state index is 0.103. The Bertz CT molecular complexity index is 389. The Labute approximate surface area is 98.4 Å². The van der Waals surface area contributed by atoms with Gasteiger partial charge in [0.15, 0.2) is 0 Å². The largest absolute Gasteiger partial charge is 0.508 e. The summed E-state index contributed by atoms with van der Waals surface area (Å²) < 4.78 is 4.87. The minimum atomic E-state index is -0.546. The Morgan fingerprint density at radius 1 is 1.29 bits per heavy atom. The molecular formula is C11H14N2O4. The van der Waals surface area contributed by atoms with Crippen molar-refractivity contribution in [3.05, 3.63) is 29.8 Å². The molecular weight excluding hydrogens is 224 g/mol. The maximum Gasteiger partial charge on any atom is 0.251 e. The molecule has 0 unspecified atom stereocenters. The van der Waals surface area contributed by atoms with Crippen LogP contribution in [0.5, 0.6) is 5.75 Å². The standard InChI is InChI=1S/C11H14N2O4/c12-10(15)7-17-6-5-13-11(16)8-1-3-9(14)4-2-8/h1-4,14H,5-7H2,(H2,12,15)(H,13,16). The number of aromatic hydroxyl groups is 1. The molecule has 0 saturated carbocycles. The number of hydrogen-bond acceptors (Lipinski definition) is 4. The normalized spacial score (nSPS) is 9.88. The highest BCUT2D eigenvalue weighted by atomic mass is 16.5. The van der Waals surface area contributed by atoms with Crippen molar-refractivity contribution in [2.75, 3.05) is 19.8 Å². The first-order valence-electron chi connectivity index (χ1n) is 5.03. The van der Waals surface area contributed by atoms with E-state index >= 15 is 0 Å². The van der Waals surface area contributed by atoms with Gasteiger partial charge in [0.25, 0.3) is 5.91 Å². The molecule has 0 spiro atoms. The average molecular weight is 238 g/mol. The van der Waals surface area contributed by atoms with E-state index in [9.17, 15) is 9.59 Å². The lowest BCUT2D eigenvalue weighted by Gasteiger charge is -2.05. The van der Waals surface area contributed by atoms with Gasteiger partial charge in [0.2, 0.25) is 5.91 Å². The molecule has 0 saturated heterocycles. The molecule has 2 amide bonds. The summed E-state index contributed by atoms with van der Waals surface area (Å²) >= 11 is 0. The highest BCUT2D eigenvalue weighted by Gasteiger charge is 2.04. The number of nitrogens with two attached hydrogens (primary N) is 1. The van der Waals surface area contributed by atoms with Crippen LogP contribution >= 0.6 is 0 Å². The maximum absolute atomic E-state index is 11.5. The van der Waals surface area contributed by atoms with E-state index in [0.717, 1.165) is 0 Å². The summed E-state index contributed by atoms with van der Waals surface area (Å²) in [6, 6.07) is 5.88. The van der Waals surface area contributed by atoms with Crippen molar-refractivity contribution >= 4 is 11.8 Å². The number of carbonyl (C=O) groups excluding carboxylic acids is 2. The van der Waals surface area contributed by atoms with Crippen molar-refractivity contribution in [3.63, 3.8) is 0 Å². The second-order valence-corrected chi connectivity index (χ2v) is 3.32. The van der Waals surface area contributed by atoms with E-state index in [1.807, 2.05) is 0 Å². The Hall–Kier alpha value is -2.08. The fourth-order valence-electron chi connectivity index (χ4n) is 1.12. The van der Waals surface area contributed by atoms with E-state index < -0.39 is 5.91 Å². The van der Waals surface area contributed by atoms with Gasteiger partial charge in [0, 0.05) is 12.1 Å². The molecule has 0 bridgehead atoms. The van der Waals surface area contributed by atoms with E-state index in [0.29, 0.717) is 5.56 Å². The fraction of sp³-hybridized carbons (Fsp3) is 0.273. The lowest BCUT2D eigenvalue weighted by Crippen LogP contribution is -2.28. The van der Waals surface area contributed by atoms with Crippen LogP contribution in [0.2, 0.25) is 0 Å². The van der Waals surface area contributed by atoms with Crippen LogP contribution in [0.1, 0.15) is 10.4 Å². The Morgan fingerprint density at radius 3 is 2.53 bits per heavy atom.